The summed E-state index contributed by atoms with van der Waals surface area (Å²) in [5.41, 5.74) is 4.58. The fraction of sp³-hybridized carbons (Fsp3) is 0.538. The summed E-state index contributed by atoms with van der Waals surface area (Å²) in [6.07, 6.45) is 8.34. The van der Waals surface area contributed by atoms with E-state index in [1.165, 1.54) is 12.8 Å². The minimum atomic E-state index is 0.291. The summed E-state index contributed by atoms with van der Waals surface area (Å²) in [6.45, 7) is 10.2. The van der Waals surface area contributed by atoms with E-state index in [0.29, 0.717) is 18.1 Å². The van der Waals surface area contributed by atoms with Crippen molar-refractivity contribution in [2.75, 3.05) is 31.6 Å². The number of pyridine rings is 1. The van der Waals surface area contributed by atoms with Gasteiger partial charge < -0.3 is 19.6 Å². The number of imidazole rings is 1. The number of aryl methyl sites for hydroxylation is 1. The van der Waals surface area contributed by atoms with E-state index in [2.05, 4.69) is 49.6 Å². The maximum atomic E-state index is 5.53. The van der Waals surface area contributed by atoms with Crippen LogP contribution in [-0.4, -0.2) is 72.8 Å². The van der Waals surface area contributed by atoms with Crippen molar-refractivity contribution >= 4 is 28.0 Å². The topological polar surface area (TPSA) is 96.8 Å². The fourth-order valence-electron chi connectivity index (χ4n) is 5.85. The Morgan fingerprint density at radius 2 is 1.86 bits per heavy atom. The minimum Gasteiger partial charge on any atom is -0.379 e. The lowest BCUT2D eigenvalue weighted by Gasteiger charge is -2.39. The third-order valence-corrected chi connectivity index (χ3v) is 7.58. The highest BCUT2D eigenvalue weighted by Crippen LogP contribution is 2.34. The summed E-state index contributed by atoms with van der Waals surface area (Å²) in [7, 11) is 0. The van der Waals surface area contributed by atoms with Crippen LogP contribution in [0.5, 0.6) is 0 Å². The number of ether oxygens (including phenoxy) is 1. The Hall–Kier alpha value is -3.04. The van der Waals surface area contributed by atoms with E-state index in [4.69, 9.17) is 14.7 Å². The van der Waals surface area contributed by atoms with Crippen LogP contribution in [0.4, 0.5) is 5.82 Å². The van der Waals surface area contributed by atoms with Gasteiger partial charge in [0.15, 0.2) is 5.65 Å². The SMILES string of the molecule is Cc1nc2ccc(-c3c[nH]c4ncnc(N[C@H]5CC[C@H](N6CCOCC6)CC5)c34)nc2n1C(C)C. The molecule has 0 aromatic carbocycles. The molecule has 9 nitrogen and oxygen atoms in total. The van der Waals surface area contributed by atoms with E-state index >= 15 is 0 Å². The van der Waals surface area contributed by atoms with Gasteiger partial charge in [-0.3, -0.25) is 4.90 Å². The Labute approximate surface area is 205 Å². The van der Waals surface area contributed by atoms with Crippen molar-refractivity contribution in [3.8, 4) is 11.3 Å². The van der Waals surface area contributed by atoms with Gasteiger partial charge in [-0.15, -0.1) is 0 Å². The molecule has 0 spiro atoms. The smallest absolute Gasteiger partial charge is 0.160 e. The third-order valence-electron chi connectivity index (χ3n) is 7.58. The molecular formula is C26H34N8O. The number of hydrogen-bond acceptors (Lipinski definition) is 7. The number of H-pyrrole nitrogens is 1. The lowest BCUT2D eigenvalue weighted by atomic mass is 9.90. The molecule has 0 bridgehead atoms. The molecule has 2 fully saturated rings. The van der Waals surface area contributed by atoms with Gasteiger partial charge in [0.1, 0.15) is 29.1 Å². The lowest BCUT2D eigenvalue weighted by molar-refractivity contribution is 0.00791. The zero-order valence-corrected chi connectivity index (χ0v) is 20.8. The molecule has 0 unspecified atom stereocenters. The van der Waals surface area contributed by atoms with Crippen LogP contribution in [0, 0.1) is 6.92 Å². The highest BCUT2D eigenvalue weighted by Gasteiger charge is 2.28. The molecule has 2 aliphatic rings. The standard InChI is InChI=1S/C26H34N8O/c1-16(2)34-17(3)30-22-9-8-21(32-26(22)34)20-14-27-24-23(20)25(29-15-28-24)31-18-4-6-19(7-5-18)33-10-12-35-13-11-33/h8-9,14-16,18-19H,4-7,10-13H2,1-3H3,(H2,27,28,29,31)/t18-,19-. The van der Waals surface area contributed by atoms with Gasteiger partial charge in [0.25, 0.3) is 0 Å². The summed E-state index contributed by atoms with van der Waals surface area (Å²) in [6, 6.07) is 5.49. The van der Waals surface area contributed by atoms with Crippen molar-refractivity contribution in [2.24, 2.45) is 0 Å². The van der Waals surface area contributed by atoms with E-state index in [9.17, 15) is 0 Å². The van der Waals surface area contributed by atoms with Gasteiger partial charge in [-0.2, -0.15) is 0 Å². The van der Waals surface area contributed by atoms with Crippen molar-refractivity contribution in [3.63, 3.8) is 0 Å². The molecule has 184 valence electrons. The van der Waals surface area contributed by atoms with Crippen LogP contribution in [-0.2, 0) is 4.74 Å². The molecular weight excluding hydrogens is 440 g/mol. The molecule has 0 atom stereocenters. The maximum Gasteiger partial charge on any atom is 0.160 e. The van der Waals surface area contributed by atoms with Gasteiger partial charge in [-0.05, 0) is 58.6 Å². The monoisotopic (exact) mass is 474 g/mol. The van der Waals surface area contributed by atoms with Crippen molar-refractivity contribution in [1.29, 1.82) is 0 Å². The van der Waals surface area contributed by atoms with E-state index in [-0.39, 0.29) is 0 Å². The normalized spacial score (nSPS) is 21.8. The molecule has 4 aromatic heterocycles. The third kappa shape index (κ3) is 4.16. The first kappa shape index (κ1) is 22.4. The van der Waals surface area contributed by atoms with Crippen LogP contribution in [0.2, 0.25) is 0 Å². The molecule has 4 aromatic rings. The zero-order chi connectivity index (χ0) is 23.9. The second kappa shape index (κ2) is 9.20. The second-order valence-electron chi connectivity index (χ2n) is 10.1. The fourth-order valence-corrected chi connectivity index (χ4v) is 5.85. The summed E-state index contributed by atoms with van der Waals surface area (Å²) < 4.78 is 7.72. The lowest BCUT2D eigenvalue weighted by Crippen LogP contribution is -2.46. The number of morpholine rings is 1. The van der Waals surface area contributed by atoms with Crippen LogP contribution in [0.3, 0.4) is 0 Å². The van der Waals surface area contributed by atoms with Crippen LogP contribution in [0.25, 0.3) is 33.5 Å². The average Bonchev–Trinajstić information content (AvgIpc) is 3.45. The van der Waals surface area contributed by atoms with Crippen LogP contribution in [0.1, 0.15) is 51.4 Å². The van der Waals surface area contributed by atoms with Crippen molar-refractivity contribution < 1.29 is 4.74 Å². The predicted octanol–water partition coefficient (Wildman–Crippen LogP) is 4.31. The van der Waals surface area contributed by atoms with Crippen molar-refractivity contribution in [2.45, 2.75) is 64.6 Å². The maximum absolute atomic E-state index is 5.53. The van der Waals surface area contributed by atoms with E-state index in [1.54, 1.807) is 6.33 Å². The van der Waals surface area contributed by atoms with Crippen LogP contribution >= 0.6 is 0 Å². The Morgan fingerprint density at radius 3 is 2.63 bits per heavy atom. The van der Waals surface area contributed by atoms with Gasteiger partial charge in [-0.25, -0.2) is 19.9 Å². The Bertz CT molecular complexity index is 1330. The van der Waals surface area contributed by atoms with Crippen molar-refractivity contribution in [3.05, 3.63) is 30.5 Å². The molecule has 5 heterocycles. The van der Waals surface area contributed by atoms with E-state index < -0.39 is 0 Å². The highest BCUT2D eigenvalue weighted by molar-refractivity contribution is 6.00. The van der Waals surface area contributed by atoms with E-state index in [0.717, 1.165) is 84.2 Å². The quantitative estimate of drug-likeness (QED) is 0.445. The molecule has 0 amide bonds. The largest absolute Gasteiger partial charge is 0.379 e. The molecule has 1 saturated carbocycles. The van der Waals surface area contributed by atoms with Crippen LogP contribution < -0.4 is 5.32 Å². The van der Waals surface area contributed by atoms with Gasteiger partial charge >= 0.3 is 0 Å². The summed E-state index contributed by atoms with van der Waals surface area (Å²) in [4.78, 5) is 24.8. The molecule has 1 saturated heterocycles. The molecule has 1 aliphatic carbocycles. The van der Waals surface area contributed by atoms with E-state index in [1.807, 2.05) is 19.2 Å². The zero-order valence-electron chi connectivity index (χ0n) is 20.8. The molecule has 0 radical (unpaired) electrons. The van der Waals surface area contributed by atoms with Gasteiger partial charge in [-0.1, -0.05) is 0 Å². The second-order valence-corrected chi connectivity index (χ2v) is 10.1. The Kier molecular flexibility index (Phi) is 5.89. The average molecular weight is 475 g/mol. The molecule has 2 N–H and O–H groups in total. The Balaban J connectivity index is 1.28. The minimum absolute atomic E-state index is 0.291. The summed E-state index contributed by atoms with van der Waals surface area (Å²) in [5.74, 6) is 1.87. The number of anilines is 1. The van der Waals surface area contributed by atoms with Crippen molar-refractivity contribution in [1.82, 2.24) is 34.4 Å². The number of nitrogens with one attached hydrogen (secondary N) is 2. The molecule has 1 aliphatic heterocycles. The van der Waals surface area contributed by atoms with Crippen LogP contribution in [0.15, 0.2) is 24.7 Å². The first-order valence-corrected chi connectivity index (χ1v) is 12.8. The first-order valence-electron chi connectivity index (χ1n) is 12.8. The molecule has 9 heteroatoms. The number of nitrogens with zero attached hydrogens (tertiary/aromatic N) is 6. The highest BCUT2D eigenvalue weighted by atomic mass is 16.5. The number of fused-ring (bicyclic) bond motifs is 2. The number of rotatable bonds is 5. The predicted molar refractivity (Wildman–Crippen MR) is 138 cm³/mol. The summed E-state index contributed by atoms with van der Waals surface area (Å²) >= 11 is 0. The Morgan fingerprint density at radius 1 is 1.06 bits per heavy atom. The van der Waals surface area contributed by atoms with Gasteiger partial charge in [0.2, 0.25) is 0 Å². The number of aromatic amines is 1. The van der Waals surface area contributed by atoms with Gasteiger partial charge in [0.05, 0.1) is 24.3 Å². The summed E-state index contributed by atoms with van der Waals surface area (Å²) in [5, 5.41) is 4.76. The number of aromatic nitrogens is 6. The molecule has 35 heavy (non-hydrogen) atoms. The molecule has 6 rings (SSSR count). The number of hydrogen-bond donors (Lipinski definition) is 2. The van der Waals surface area contributed by atoms with Gasteiger partial charge in [0, 0.05) is 43.0 Å². The first-order chi connectivity index (χ1) is 17.1.